The van der Waals surface area contributed by atoms with Crippen LogP contribution in [0, 0.1) is 0 Å². The van der Waals surface area contributed by atoms with Gasteiger partial charge in [-0.3, -0.25) is 9.59 Å². The van der Waals surface area contributed by atoms with Crippen molar-refractivity contribution in [1.29, 1.82) is 0 Å². The molecule has 0 bridgehead atoms. The molecule has 7 nitrogen and oxygen atoms in total. The molecule has 2 N–H and O–H groups in total. The Morgan fingerprint density at radius 1 is 1.52 bits per heavy atom. The van der Waals surface area contributed by atoms with E-state index in [1.165, 1.54) is 0 Å². The predicted molar refractivity (Wildman–Crippen MR) is 95.9 cm³/mol. The van der Waals surface area contributed by atoms with Gasteiger partial charge in [-0.15, -0.1) is 0 Å². The molecule has 2 amide bonds. The van der Waals surface area contributed by atoms with E-state index in [4.69, 9.17) is 4.74 Å². The van der Waals surface area contributed by atoms with Gasteiger partial charge in [-0.25, -0.2) is 4.98 Å². The SMILES string of the molecule is COc1ccc2c(c1)[C@@H](C(=O)NCCSc1nccn1C)CC(=O)N2. The van der Waals surface area contributed by atoms with Crippen LogP contribution in [0.1, 0.15) is 17.9 Å². The van der Waals surface area contributed by atoms with E-state index in [0.29, 0.717) is 23.7 Å². The van der Waals surface area contributed by atoms with Crippen molar-refractivity contribution in [3.63, 3.8) is 0 Å². The number of imidazole rings is 1. The van der Waals surface area contributed by atoms with Gasteiger partial charge in [-0.2, -0.15) is 0 Å². The molecular formula is C17H20N4O3S. The van der Waals surface area contributed by atoms with Crippen LogP contribution < -0.4 is 15.4 Å². The molecule has 2 aromatic rings. The van der Waals surface area contributed by atoms with Crippen LogP contribution in [0.15, 0.2) is 35.7 Å². The number of hydrogen-bond acceptors (Lipinski definition) is 5. The third-order valence-corrected chi connectivity index (χ3v) is 5.08. The number of rotatable bonds is 6. The van der Waals surface area contributed by atoms with Crippen LogP contribution in [0.5, 0.6) is 5.75 Å². The lowest BCUT2D eigenvalue weighted by molar-refractivity contribution is -0.126. The van der Waals surface area contributed by atoms with E-state index in [0.717, 1.165) is 10.7 Å². The van der Waals surface area contributed by atoms with Gasteiger partial charge in [0.25, 0.3) is 0 Å². The van der Waals surface area contributed by atoms with Gasteiger partial charge in [0.15, 0.2) is 5.16 Å². The van der Waals surface area contributed by atoms with Crippen molar-refractivity contribution in [1.82, 2.24) is 14.9 Å². The fourth-order valence-corrected chi connectivity index (χ4v) is 3.52. The molecule has 132 valence electrons. The summed E-state index contributed by atoms with van der Waals surface area (Å²) in [5, 5.41) is 6.62. The number of nitrogens with zero attached hydrogens (tertiary/aromatic N) is 2. The fourth-order valence-electron chi connectivity index (χ4n) is 2.73. The van der Waals surface area contributed by atoms with Crippen molar-refractivity contribution >= 4 is 29.3 Å². The average Bonchev–Trinajstić information content (AvgIpc) is 3.02. The number of thioether (sulfide) groups is 1. The first-order chi connectivity index (χ1) is 12.1. The monoisotopic (exact) mass is 360 g/mol. The zero-order chi connectivity index (χ0) is 17.8. The minimum Gasteiger partial charge on any atom is -0.497 e. The second-order valence-electron chi connectivity index (χ2n) is 5.72. The van der Waals surface area contributed by atoms with Gasteiger partial charge in [-0.05, 0) is 23.8 Å². The number of aromatic nitrogens is 2. The molecule has 0 saturated heterocycles. The Morgan fingerprint density at radius 2 is 2.36 bits per heavy atom. The molecule has 1 atom stereocenters. The maximum Gasteiger partial charge on any atom is 0.228 e. The molecule has 1 aliphatic heterocycles. The van der Waals surface area contributed by atoms with E-state index < -0.39 is 5.92 Å². The number of ether oxygens (including phenoxy) is 1. The minimum atomic E-state index is -0.503. The molecule has 0 radical (unpaired) electrons. The molecule has 8 heteroatoms. The molecule has 0 unspecified atom stereocenters. The number of methoxy groups -OCH3 is 1. The summed E-state index contributed by atoms with van der Waals surface area (Å²) >= 11 is 1.57. The molecule has 1 aromatic heterocycles. The van der Waals surface area contributed by atoms with Crippen LogP contribution in [0.4, 0.5) is 5.69 Å². The van der Waals surface area contributed by atoms with Gasteiger partial charge in [0.2, 0.25) is 11.8 Å². The van der Waals surface area contributed by atoms with Crippen molar-refractivity contribution in [2.45, 2.75) is 17.5 Å². The Bertz CT molecular complexity index is 790. The average molecular weight is 360 g/mol. The molecule has 25 heavy (non-hydrogen) atoms. The highest BCUT2D eigenvalue weighted by Gasteiger charge is 2.30. The van der Waals surface area contributed by atoms with E-state index in [-0.39, 0.29) is 18.2 Å². The number of nitrogens with one attached hydrogen (secondary N) is 2. The summed E-state index contributed by atoms with van der Waals surface area (Å²) in [7, 11) is 3.51. The number of fused-ring (bicyclic) bond motifs is 1. The van der Waals surface area contributed by atoms with E-state index in [9.17, 15) is 9.59 Å². The first kappa shape index (κ1) is 17.3. The Hall–Kier alpha value is -2.48. The fraction of sp³-hybridized carbons (Fsp3) is 0.353. The molecule has 0 fully saturated rings. The number of amides is 2. The number of hydrogen-bond donors (Lipinski definition) is 2. The van der Waals surface area contributed by atoms with Crippen LogP contribution >= 0.6 is 11.8 Å². The van der Waals surface area contributed by atoms with Gasteiger partial charge >= 0.3 is 0 Å². The second kappa shape index (κ2) is 7.60. The van der Waals surface area contributed by atoms with Gasteiger partial charge < -0.3 is 19.9 Å². The third-order valence-electron chi connectivity index (χ3n) is 4.02. The van der Waals surface area contributed by atoms with Crippen LogP contribution in [-0.4, -0.2) is 40.8 Å². The number of aryl methyl sites for hydroxylation is 1. The maximum atomic E-state index is 12.6. The smallest absolute Gasteiger partial charge is 0.228 e. The van der Waals surface area contributed by atoms with Gasteiger partial charge in [-0.1, -0.05) is 11.8 Å². The first-order valence-corrected chi connectivity index (χ1v) is 8.92. The van der Waals surface area contributed by atoms with Crippen molar-refractivity contribution in [3.05, 3.63) is 36.2 Å². The highest BCUT2D eigenvalue weighted by molar-refractivity contribution is 7.99. The quantitative estimate of drug-likeness (QED) is 0.606. The van der Waals surface area contributed by atoms with E-state index in [1.807, 2.05) is 23.9 Å². The summed E-state index contributed by atoms with van der Waals surface area (Å²) in [5.74, 6) is 0.570. The zero-order valence-electron chi connectivity index (χ0n) is 14.1. The van der Waals surface area contributed by atoms with E-state index >= 15 is 0 Å². The van der Waals surface area contributed by atoms with E-state index in [1.54, 1.807) is 37.2 Å². The highest BCUT2D eigenvalue weighted by atomic mass is 32.2. The Morgan fingerprint density at radius 3 is 3.08 bits per heavy atom. The van der Waals surface area contributed by atoms with Crippen LogP contribution in [0.2, 0.25) is 0 Å². The van der Waals surface area contributed by atoms with Gasteiger partial charge in [0.05, 0.1) is 13.0 Å². The number of benzene rings is 1. The van der Waals surface area contributed by atoms with Crippen molar-refractivity contribution < 1.29 is 14.3 Å². The van der Waals surface area contributed by atoms with Crippen LogP contribution in [0.3, 0.4) is 0 Å². The highest BCUT2D eigenvalue weighted by Crippen LogP contribution is 2.35. The Labute approximate surface area is 150 Å². The lowest BCUT2D eigenvalue weighted by atomic mass is 9.89. The molecular weight excluding hydrogens is 340 g/mol. The standard InChI is InChI=1S/C17H20N4O3S/c1-21-7-5-19-17(21)25-8-6-18-16(23)13-10-15(22)20-14-4-3-11(24-2)9-12(13)14/h3-5,7,9,13H,6,8,10H2,1-2H3,(H,18,23)(H,20,22)/t13-/m0/s1. The van der Waals surface area contributed by atoms with Gasteiger partial charge in [0.1, 0.15) is 5.75 Å². The number of carbonyl (C=O) groups is 2. The van der Waals surface area contributed by atoms with Crippen molar-refractivity contribution in [2.75, 3.05) is 24.7 Å². The normalized spacial score (nSPS) is 16.1. The maximum absolute atomic E-state index is 12.6. The predicted octanol–water partition coefficient (Wildman–Crippen LogP) is 1.76. The topological polar surface area (TPSA) is 85.2 Å². The molecule has 1 aliphatic rings. The Kier molecular flexibility index (Phi) is 5.28. The van der Waals surface area contributed by atoms with Crippen LogP contribution in [-0.2, 0) is 16.6 Å². The molecule has 3 rings (SSSR count). The van der Waals surface area contributed by atoms with Crippen LogP contribution in [0.25, 0.3) is 0 Å². The lowest BCUT2D eigenvalue weighted by Crippen LogP contribution is -2.36. The zero-order valence-corrected chi connectivity index (χ0v) is 14.9. The summed E-state index contributed by atoms with van der Waals surface area (Å²) in [5.41, 5.74) is 1.45. The second-order valence-corrected chi connectivity index (χ2v) is 6.78. The van der Waals surface area contributed by atoms with E-state index in [2.05, 4.69) is 15.6 Å². The summed E-state index contributed by atoms with van der Waals surface area (Å²) in [4.78, 5) is 28.7. The number of carbonyl (C=O) groups excluding carboxylic acids is 2. The molecule has 0 aliphatic carbocycles. The van der Waals surface area contributed by atoms with Gasteiger partial charge in [0, 0.05) is 43.8 Å². The molecule has 1 aromatic carbocycles. The summed E-state index contributed by atoms with van der Waals surface area (Å²) in [6.07, 6.45) is 3.76. The molecule has 2 heterocycles. The first-order valence-electron chi connectivity index (χ1n) is 7.94. The molecule has 0 saturated carbocycles. The van der Waals surface area contributed by atoms with Crippen molar-refractivity contribution in [2.24, 2.45) is 7.05 Å². The van der Waals surface area contributed by atoms with Crippen molar-refractivity contribution in [3.8, 4) is 5.75 Å². The summed E-state index contributed by atoms with van der Waals surface area (Å²) < 4.78 is 7.16. The lowest BCUT2D eigenvalue weighted by Gasteiger charge is -2.25. The number of anilines is 1. The minimum absolute atomic E-state index is 0.137. The molecule has 0 spiro atoms. The summed E-state index contributed by atoms with van der Waals surface area (Å²) in [6, 6.07) is 5.34. The largest absolute Gasteiger partial charge is 0.497 e. The third kappa shape index (κ3) is 3.96. The Balaban J connectivity index is 1.62. The summed E-state index contributed by atoms with van der Waals surface area (Å²) in [6.45, 7) is 0.508.